The van der Waals surface area contributed by atoms with Crippen LogP contribution < -0.4 is 10.6 Å². The molecule has 0 bridgehead atoms. The number of rotatable bonds is 4. The van der Waals surface area contributed by atoms with Gasteiger partial charge in [-0.15, -0.1) is 0 Å². The van der Waals surface area contributed by atoms with Crippen LogP contribution in [0, 0.1) is 11.6 Å². The Hall–Kier alpha value is -3.62. The second-order valence-electron chi connectivity index (χ2n) is 6.77. The van der Waals surface area contributed by atoms with E-state index in [4.69, 9.17) is 0 Å². The molecular formula is C20H17F2N5O2. The first-order chi connectivity index (χ1) is 13.9. The maximum absolute atomic E-state index is 14.0. The predicted molar refractivity (Wildman–Crippen MR) is 102 cm³/mol. The summed E-state index contributed by atoms with van der Waals surface area (Å²) in [5, 5.41) is 6.13. The number of fused-ring (bicyclic) bond motifs is 2. The topological polar surface area (TPSA) is 87.2 Å². The van der Waals surface area contributed by atoms with E-state index in [9.17, 15) is 18.4 Å². The van der Waals surface area contributed by atoms with Crippen LogP contribution in [0.4, 0.5) is 19.3 Å². The van der Waals surface area contributed by atoms with E-state index in [2.05, 4.69) is 20.6 Å². The highest BCUT2D eigenvalue weighted by molar-refractivity contribution is 5.95. The van der Waals surface area contributed by atoms with Crippen molar-refractivity contribution in [2.45, 2.75) is 19.5 Å². The molecule has 3 amide bonds. The first-order valence-corrected chi connectivity index (χ1v) is 8.95. The van der Waals surface area contributed by atoms with Gasteiger partial charge in [0.05, 0.1) is 35.7 Å². The van der Waals surface area contributed by atoms with E-state index in [-0.39, 0.29) is 24.3 Å². The molecule has 1 atom stereocenters. The van der Waals surface area contributed by atoms with Crippen LogP contribution in [0.1, 0.15) is 24.2 Å². The number of carbonyl (C=O) groups is 2. The van der Waals surface area contributed by atoms with Crippen LogP contribution in [0.15, 0.2) is 42.7 Å². The van der Waals surface area contributed by atoms with Gasteiger partial charge in [0, 0.05) is 17.1 Å². The summed E-state index contributed by atoms with van der Waals surface area (Å²) in [7, 11) is 0. The van der Waals surface area contributed by atoms with Gasteiger partial charge in [0.25, 0.3) is 0 Å². The molecule has 9 heteroatoms. The summed E-state index contributed by atoms with van der Waals surface area (Å²) in [6.45, 7) is 1.26. The predicted octanol–water partition coefficient (Wildman–Crippen LogP) is 3.13. The van der Waals surface area contributed by atoms with E-state index < -0.39 is 29.6 Å². The summed E-state index contributed by atoms with van der Waals surface area (Å²) in [6.07, 6.45) is 3.30. The second kappa shape index (κ2) is 7.42. The van der Waals surface area contributed by atoms with Gasteiger partial charge in [-0.05, 0) is 31.2 Å². The lowest BCUT2D eigenvalue weighted by molar-refractivity contribution is -0.122. The Morgan fingerprint density at radius 2 is 2.14 bits per heavy atom. The lowest BCUT2D eigenvalue weighted by Gasteiger charge is -2.29. The molecular weight excluding hydrogens is 380 g/mol. The Bertz CT molecular complexity index is 1120. The number of hydrogen-bond donors (Lipinski definition) is 2. The molecule has 4 rings (SSSR count). The van der Waals surface area contributed by atoms with Crippen LogP contribution in [0.25, 0.3) is 10.9 Å². The molecule has 0 radical (unpaired) electrons. The van der Waals surface area contributed by atoms with Crippen molar-refractivity contribution in [3.8, 4) is 0 Å². The number of halogens is 2. The molecule has 0 fully saturated rings. The fourth-order valence-corrected chi connectivity index (χ4v) is 3.21. The zero-order valence-electron chi connectivity index (χ0n) is 15.4. The summed E-state index contributed by atoms with van der Waals surface area (Å²) in [5.41, 5.74) is 1.59. The monoisotopic (exact) mass is 397 g/mol. The fraction of sp³-hybridized carbons (Fsp3) is 0.200. The average molecular weight is 397 g/mol. The lowest BCUT2D eigenvalue weighted by Crippen LogP contribution is -2.45. The number of carbonyl (C=O) groups excluding carboxylic acids is 2. The second-order valence-corrected chi connectivity index (χ2v) is 6.77. The van der Waals surface area contributed by atoms with Gasteiger partial charge in [-0.25, -0.2) is 13.6 Å². The lowest BCUT2D eigenvalue weighted by atomic mass is 10.1. The highest BCUT2D eigenvalue weighted by Gasteiger charge is 2.28. The van der Waals surface area contributed by atoms with Crippen molar-refractivity contribution in [2.75, 3.05) is 11.9 Å². The van der Waals surface area contributed by atoms with Crippen molar-refractivity contribution in [3.63, 3.8) is 0 Å². The molecule has 2 N–H and O–H groups in total. The summed E-state index contributed by atoms with van der Waals surface area (Å²) in [4.78, 5) is 34.2. The van der Waals surface area contributed by atoms with Crippen molar-refractivity contribution in [1.29, 1.82) is 0 Å². The van der Waals surface area contributed by atoms with Crippen molar-refractivity contribution in [3.05, 3.63) is 65.6 Å². The van der Waals surface area contributed by atoms with Crippen LogP contribution >= 0.6 is 0 Å². The van der Waals surface area contributed by atoms with Gasteiger partial charge < -0.3 is 15.5 Å². The Kier molecular flexibility index (Phi) is 4.79. The Morgan fingerprint density at radius 3 is 2.97 bits per heavy atom. The number of nitrogens with zero attached hydrogens (tertiary/aromatic N) is 3. The SMILES string of the molecule is C[C@H](NC(=O)CN1Cc2c(ccc(F)c2F)NC1=O)c1cc2cccnc2cn1. The third-order valence-electron chi connectivity index (χ3n) is 4.74. The highest BCUT2D eigenvalue weighted by atomic mass is 19.2. The van der Waals surface area contributed by atoms with E-state index >= 15 is 0 Å². The molecule has 0 saturated heterocycles. The molecule has 1 aliphatic rings. The van der Waals surface area contributed by atoms with Gasteiger partial charge >= 0.3 is 6.03 Å². The largest absolute Gasteiger partial charge is 0.346 e. The summed E-state index contributed by atoms with van der Waals surface area (Å²) in [5.74, 6) is -2.48. The first-order valence-electron chi connectivity index (χ1n) is 8.95. The van der Waals surface area contributed by atoms with Crippen LogP contribution in [0.3, 0.4) is 0 Å². The molecule has 1 aromatic carbocycles. The average Bonchev–Trinajstić information content (AvgIpc) is 2.71. The quantitative estimate of drug-likeness (QED) is 0.708. The van der Waals surface area contributed by atoms with Gasteiger partial charge in [0.1, 0.15) is 6.54 Å². The fourth-order valence-electron chi connectivity index (χ4n) is 3.21. The van der Waals surface area contributed by atoms with Gasteiger partial charge in [0.15, 0.2) is 11.6 Å². The number of nitrogens with one attached hydrogen (secondary N) is 2. The minimum absolute atomic E-state index is 0.00847. The standard InChI is InChI=1S/C20H17F2N5O2/c1-11(16-7-12-3-2-6-23-17(12)8-24-16)25-18(28)10-27-9-13-15(26-20(27)29)5-4-14(21)19(13)22/h2-8,11H,9-10H2,1H3,(H,25,28)(H,26,29)/t11-/m0/s1. The summed E-state index contributed by atoms with van der Waals surface area (Å²) in [6, 6.07) is 6.81. The van der Waals surface area contributed by atoms with Gasteiger partial charge in [-0.2, -0.15) is 0 Å². The highest BCUT2D eigenvalue weighted by Crippen LogP contribution is 2.27. The van der Waals surface area contributed by atoms with E-state index in [0.29, 0.717) is 5.69 Å². The van der Waals surface area contributed by atoms with Crippen molar-refractivity contribution < 1.29 is 18.4 Å². The smallest absolute Gasteiger partial charge is 0.322 e. The van der Waals surface area contributed by atoms with Crippen molar-refractivity contribution in [1.82, 2.24) is 20.2 Å². The van der Waals surface area contributed by atoms with E-state index in [1.165, 1.54) is 6.07 Å². The van der Waals surface area contributed by atoms with Crippen LogP contribution in [-0.4, -0.2) is 33.4 Å². The molecule has 0 unspecified atom stereocenters. The van der Waals surface area contributed by atoms with Gasteiger partial charge in [0.2, 0.25) is 5.91 Å². The Labute approximate surface area is 164 Å². The van der Waals surface area contributed by atoms with Crippen LogP contribution in [-0.2, 0) is 11.3 Å². The molecule has 3 heterocycles. The minimum atomic E-state index is -1.03. The van der Waals surface area contributed by atoms with Crippen LogP contribution in [0.2, 0.25) is 0 Å². The van der Waals surface area contributed by atoms with Gasteiger partial charge in [-0.3, -0.25) is 14.8 Å². The molecule has 3 aromatic rings. The molecule has 1 aliphatic heterocycles. The minimum Gasteiger partial charge on any atom is -0.346 e. The number of aromatic nitrogens is 2. The zero-order valence-corrected chi connectivity index (χ0v) is 15.4. The Morgan fingerprint density at radius 1 is 1.31 bits per heavy atom. The summed E-state index contributed by atoms with van der Waals surface area (Å²) < 4.78 is 27.5. The molecule has 0 saturated carbocycles. The Balaban J connectivity index is 1.44. The maximum atomic E-state index is 14.0. The van der Waals surface area contributed by atoms with Gasteiger partial charge in [-0.1, -0.05) is 6.07 Å². The normalized spacial score (nSPS) is 14.3. The molecule has 2 aromatic heterocycles. The van der Waals surface area contributed by atoms with Crippen molar-refractivity contribution >= 4 is 28.5 Å². The number of pyridine rings is 2. The van der Waals surface area contributed by atoms with Crippen LogP contribution in [0.5, 0.6) is 0 Å². The zero-order chi connectivity index (χ0) is 20.5. The molecule has 7 nitrogen and oxygen atoms in total. The number of hydrogen-bond acceptors (Lipinski definition) is 4. The number of amides is 3. The maximum Gasteiger partial charge on any atom is 0.322 e. The molecule has 0 aliphatic carbocycles. The van der Waals surface area contributed by atoms with E-state index in [1.807, 2.05) is 18.2 Å². The third-order valence-corrected chi connectivity index (χ3v) is 4.74. The molecule has 0 spiro atoms. The molecule has 148 valence electrons. The van der Waals surface area contributed by atoms with E-state index in [0.717, 1.165) is 21.9 Å². The number of anilines is 1. The third kappa shape index (κ3) is 3.71. The van der Waals surface area contributed by atoms with E-state index in [1.54, 1.807) is 19.3 Å². The number of urea groups is 1. The summed E-state index contributed by atoms with van der Waals surface area (Å²) >= 11 is 0. The van der Waals surface area contributed by atoms with Crippen molar-refractivity contribution in [2.24, 2.45) is 0 Å². The first kappa shape index (κ1) is 18.7. The molecule has 29 heavy (non-hydrogen) atoms. The number of benzene rings is 1.